The number of hydrogen-bond acceptors (Lipinski definition) is 6. The largest absolute Gasteiger partial charge is 0.381 e. The summed E-state index contributed by atoms with van der Waals surface area (Å²) >= 11 is 0. The van der Waals surface area contributed by atoms with Crippen molar-refractivity contribution in [2.24, 2.45) is 0 Å². The molecule has 0 bridgehead atoms. The maximum Gasteiger partial charge on any atom is 0.253 e. The number of pyridine rings is 1. The van der Waals surface area contributed by atoms with Gasteiger partial charge in [0.15, 0.2) is 0 Å². The number of nitrogens with one attached hydrogen (secondary N) is 2. The van der Waals surface area contributed by atoms with Gasteiger partial charge in [-0.1, -0.05) is 0 Å². The first-order valence-corrected chi connectivity index (χ1v) is 9.97. The highest BCUT2D eigenvalue weighted by molar-refractivity contribution is 6.07. The SMILES string of the molecule is Cc1nccc(Nc2cc3c(cn2)c(C(=O)NC2CCOCC2)cn3C(C)C)n1.[HH].[HH]. The zero-order chi connectivity index (χ0) is 20.4. The Labute approximate surface area is 172 Å². The summed E-state index contributed by atoms with van der Waals surface area (Å²) in [6.07, 6.45) is 7.07. The van der Waals surface area contributed by atoms with Gasteiger partial charge in [-0.3, -0.25) is 4.79 Å². The number of nitrogens with zero attached hydrogens (tertiary/aromatic N) is 4. The second-order valence-electron chi connectivity index (χ2n) is 7.60. The normalized spacial score (nSPS) is 15.0. The number of aryl methyl sites for hydroxylation is 1. The van der Waals surface area contributed by atoms with Crippen LogP contribution in [0.15, 0.2) is 30.7 Å². The summed E-state index contributed by atoms with van der Waals surface area (Å²) in [4.78, 5) is 25.9. The lowest BCUT2D eigenvalue weighted by atomic mass is 10.1. The van der Waals surface area contributed by atoms with Crippen LogP contribution in [0, 0.1) is 6.92 Å². The summed E-state index contributed by atoms with van der Waals surface area (Å²) in [5.74, 6) is 1.99. The van der Waals surface area contributed by atoms with Crippen LogP contribution >= 0.6 is 0 Å². The Balaban J connectivity index is 0.00000171. The number of hydrogen-bond donors (Lipinski definition) is 2. The third kappa shape index (κ3) is 4.22. The molecule has 8 heteroatoms. The van der Waals surface area contributed by atoms with Crippen molar-refractivity contribution in [1.82, 2.24) is 24.8 Å². The maximum atomic E-state index is 13.0. The van der Waals surface area contributed by atoms with E-state index in [0.717, 1.165) is 23.7 Å². The number of rotatable bonds is 5. The fourth-order valence-electron chi connectivity index (χ4n) is 3.58. The van der Waals surface area contributed by atoms with E-state index in [1.807, 2.05) is 19.2 Å². The van der Waals surface area contributed by atoms with Crippen LogP contribution in [-0.4, -0.2) is 44.7 Å². The van der Waals surface area contributed by atoms with Gasteiger partial charge in [0.1, 0.15) is 17.5 Å². The smallest absolute Gasteiger partial charge is 0.253 e. The van der Waals surface area contributed by atoms with Crippen LogP contribution in [-0.2, 0) is 4.74 Å². The molecule has 4 heterocycles. The van der Waals surface area contributed by atoms with E-state index in [1.54, 1.807) is 18.5 Å². The van der Waals surface area contributed by atoms with Crippen molar-refractivity contribution in [3.63, 3.8) is 0 Å². The number of amides is 1. The third-order valence-electron chi connectivity index (χ3n) is 5.11. The molecule has 156 valence electrons. The molecular formula is C21H30N6O2. The van der Waals surface area contributed by atoms with Crippen molar-refractivity contribution < 1.29 is 12.4 Å². The molecule has 2 N–H and O–H groups in total. The first-order chi connectivity index (χ1) is 14.0. The van der Waals surface area contributed by atoms with Gasteiger partial charge >= 0.3 is 0 Å². The summed E-state index contributed by atoms with van der Waals surface area (Å²) in [5.41, 5.74) is 1.61. The molecule has 0 unspecified atom stereocenters. The van der Waals surface area contributed by atoms with E-state index in [9.17, 15) is 4.79 Å². The van der Waals surface area contributed by atoms with E-state index < -0.39 is 0 Å². The minimum absolute atomic E-state index is 0. The van der Waals surface area contributed by atoms with Gasteiger partial charge in [0, 0.05) is 58.2 Å². The second kappa shape index (κ2) is 8.16. The molecule has 1 aliphatic heterocycles. The Kier molecular flexibility index (Phi) is 5.44. The van der Waals surface area contributed by atoms with Gasteiger partial charge in [0.05, 0.1) is 11.1 Å². The van der Waals surface area contributed by atoms with E-state index in [-0.39, 0.29) is 20.8 Å². The van der Waals surface area contributed by atoms with E-state index in [4.69, 9.17) is 4.74 Å². The highest BCUT2D eigenvalue weighted by Gasteiger charge is 2.21. The molecule has 8 nitrogen and oxygen atoms in total. The molecular weight excluding hydrogens is 368 g/mol. The summed E-state index contributed by atoms with van der Waals surface area (Å²) in [6, 6.07) is 4.12. The maximum absolute atomic E-state index is 13.0. The van der Waals surface area contributed by atoms with Crippen molar-refractivity contribution in [3.8, 4) is 0 Å². The van der Waals surface area contributed by atoms with Crippen LogP contribution in [0.1, 0.15) is 51.8 Å². The molecule has 0 radical (unpaired) electrons. The molecule has 3 aromatic heterocycles. The molecule has 0 atom stereocenters. The van der Waals surface area contributed by atoms with Crippen LogP contribution in [0.4, 0.5) is 11.6 Å². The standard InChI is InChI=1S/C21H26N6O2.2H2/c1-13(2)27-12-17(21(28)25-15-5-8-29-9-6-15)16-11-23-20(10-18(16)27)26-19-4-7-22-14(3)24-19;;/h4,7,10-13,15H,5-6,8-9H2,1-3H3,(H,25,28)(H,22,23,24,26);2*1H. The van der Waals surface area contributed by atoms with Gasteiger partial charge in [-0.15, -0.1) is 0 Å². The number of anilines is 2. The van der Waals surface area contributed by atoms with E-state index in [1.165, 1.54) is 0 Å². The minimum atomic E-state index is -0.0600. The highest BCUT2D eigenvalue weighted by atomic mass is 16.5. The average Bonchev–Trinajstić information content (AvgIpc) is 3.08. The summed E-state index contributed by atoms with van der Waals surface area (Å²) in [5, 5.41) is 7.21. The van der Waals surface area contributed by atoms with Crippen LogP contribution in [0.25, 0.3) is 10.9 Å². The fraction of sp³-hybridized carbons (Fsp3) is 0.429. The summed E-state index contributed by atoms with van der Waals surface area (Å²) < 4.78 is 7.48. The first-order valence-electron chi connectivity index (χ1n) is 9.97. The molecule has 1 aliphatic rings. The Hall–Kier alpha value is -3.00. The Morgan fingerprint density at radius 2 is 2.07 bits per heavy atom. The number of carbonyl (C=O) groups excluding carboxylic acids is 1. The second-order valence-corrected chi connectivity index (χ2v) is 7.60. The number of aromatic nitrogens is 4. The molecule has 3 aromatic rings. The van der Waals surface area contributed by atoms with Crippen molar-refractivity contribution in [2.45, 2.75) is 45.7 Å². The molecule has 1 fully saturated rings. The lowest BCUT2D eigenvalue weighted by Gasteiger charge is -2.22. The van der Waals surface area contributed by atoms with Gasteiger partial charge in [0.25, 0.3) is 5.91 Å². The highest BCUT2D eigenvalue weighted by Crippen LogP contribution is 2.27. The van der Waals surface area contributed by atoms with E-state index in [0.29, 0.717) is 36.2 Å². The minimum Gasteiger partial charge on any atom is -0.381 e. The van der Waals surface area contributed by atoms with Gasteiger partial charge in [-0.25, -0.2) is 15.0 Å². The predicted octanol–water partition coefficient (Wildman–Crippen LogP) is 3.86. The lowest BCUT2D eigenvalue weighted by Crippen LogP contribution is -2.38. The van der Waals surface area contributed by atoms with E-state index in [2.05, 4.69) is 44.0 Å². The molecule has 0 spiro atoms. The van der Waals surface area contributed by atoms with Crippen LogP contribution in [0.5, 0.6) is 0 Å². The zero-order valence-corrected chi connectivity index (χ0v) is 17.0. The molecule has 1 saturated heterocycles. The van der Waals surface area contributed by atoms with Crippen LogP contribution in [0.2, 0.25) is 0 Å². The van der Waals surface area contributed by atoms with Gasteiger partial charge in [0.2, 0.25) is 0 Å². The quantitative estimate of drug-likeness (QED) is 0.678. The monoisotopic (exact) mass is 398 g/mol. The first kappa shape index (κ1) is 19.3. The summed E-state index contributed by atoms with van der Waals surface area (Å²) in [7, 11) is 0. The fourth-order valence-corrected chi connectivity index (χ4v) is 3.58. The molecule has 0 aromatic carbocycles. The molecule has 29 heavy (non-hydrogen) atoms. The Morgan fingerprint density at radius 3 is 2.79 bits per heavy atom. The zero-order valence-electron chi connectivity index (χ0n) is 17.0. The van der Waals surface area contributed by atoms with Crippen LogP contribution < -0.4 is 10.6 Å². The van der Waals surface area contributed by atoms with Gasteiger partial charge in [-0.05, 0) is 39.7 Å². The molecule has 0 aliphatic carbocycles. The Morgan fingerprint density at radius 1 is 1.28 bits per heavy atom. The summed E-state index contributed by atoms with van der Waals surface area (Å²) in [6.45, 7) is 7.42. The van der Waals surface area contributed by atoms with Crippen molar-refractivity contribution >= 4 is 28.4 Å². The van der Waals surface area contributed by atoms with Gasteiger partial charge in [-0.2, -0.15) is 0 Å². The van der Waals surface area contributed by atoms with Crippen molar-refractivity contribution in [1.29, 1.82) is 0 Å². The van der Waals surface area contributed by atoms with E-state index >= 15 is 0 Å². The number of fused-ring (bicyclic) bond motifs is 1. The van der Waals surface area contributed by atoms with Crippen molar-refractivity contribution in [2.75, 3.05) is 18.5 Å². The third-order valence-corrected chi connectivity index (χ3v) is 5.11. The van der Waals surface area contributed by atoms with Crippen LogP contribution in [0.3, 0.4) is 0 Å². The Bertz CT molecular complexity index is 1030. The molecule has 1 amide bonds. The van der Waals surface area contributed by atoms with Crippen molar-refractivity contribution in [3.05, 3.63) is 42.1 Å². The average molecular weight is 399 g/mol. The molecule has 0 saturated carbocycles. The van der Waals surface area contributed by atoms with Gasteiger partial charge < -0.3 is 19.9 Å². The number of ether oxygens (including phenoxy) is 1. The molecule has 4 rings (SSSR count). The topological polar surface area (TPSA) is 94.0 Å². The predicted molar refractivity (Wildman–Crippen MR) is 116 cm³/mol. The lowest BCUT2D eigenvalue weighted by molar-refractivity contribution is 0.0697. The number of carbonyl (C=O) groups is 1.